The van der Waals surface area contributed by atoms with Gasteiger partial charge in [-0.2, -0.15) is 0 Å². The normalized spacial score (nSPS) is 20.5. The van der Waals surface area contributed by atoms with Crippen LogP contribution in [0.5, 0.6) is 11.5 Å². The molecule has 1 N–H and O–H groups in total. The van der Waals surface area contributed by atoms with Crippen molar-refractivity contribution in [3.63, 3.8) is 0 Å². The van der Waals surface area contributed by atoms with Crippen molar-refractivity contribution in [2.75, 3.05) is 24.4 Å². The summed E-state index contributed by atoms with van der Waals surface area (Å²) in [4.78, 5) is 30.2. The zero-order valence-electron chi connectivity index (χ0n) is 24.5. The Bertz CT molecular complexity index is 1530. The third kappa shape index (κ3) is 5.01. The Kier molecular flexibility index (Phi) is 6.88. The van der Waals surface area contributed by atoms with E-state index in [0.717, 1.165) is 41.0 Å². The Morgan fingerprint density at radius 1 is 0.878 bits per heavy atom. The lowest BCUT2D eigenvalue weighted by Gasteiger charge is -2.35. The second-order valence-corrected chi connectivity index (χ2v) is 12.4. The molecule has 6 heteroatoms. The Hall–Kier alpha value is -4.06. The molecule has 212 valence electrons. The molecular weight excluding hydrogens is 512 g/mol. The number of rotatable bonds is 5. The number of amides is 1. The molecule has 0 radical (unpaired) electrons. The SMILES string of the molecule is COc1ccc([C@H]2C3=C(C[C@@H](c4ccc(C(C)(C)C)cc4)CC3=O)Nc3ccccc3N2C(=O)C2CC2)cc1OC. The number of fused-ring (bicyclic) bond motifs is 1. The lowest BCUT2D eigenvalue weighted by Crippen LogP contribution is -2.39. The standard InChI is InChI=1S/C35H38N2O4/c1-35(2,3)25-15-12-21(13-16-25)24-18-27-32(29(38)19-24)33(23-14-17-30(40-4)31(20-23)41-5)37(34(39)22-10-11-22)28-9-7-6-8-26(28)36-27/h6-9,12-17,20,22,24,33,36H,10-11,18-19H2,1-5H3/t24-,33+/m1/s1. The topological polar surface area (TPSA) is 67.9 Å². The van der Waals surface area contributed by atoms with Crippen LogP contribution in [0.3, 0.4) is 0 Å². The average Bonchev–Trinajstić information content (AvgIpc) is 3.82. The quantitative estimate of drug-likeness (QED) is 0.361. The predicted molar refractivity (Wildman–Crippen MR) is 162 cm³/mol. The van der Waals surface area contributed by atoms with Gasteiger partial charge in [0, 0.05) is 23.6 Å². The molecule has 1 fully saturated rings. The van der Waals surface area contributed by atoms with E-state index in [1.807, 2.05) is 47.4 Å². The molecule has 3 aliphatic rings. The monoisotopic (exact) mass is 550 g/mol. The minimum atomic E-state index is -0.578. The molecule has 1 aliphatic heterocycles. The number of nitrogens with zero attached hydrogens (tertiary/aromatic N) is 1. The summed E-state index contributed by atoms with van der Waals surface area (Å²) < 4.78 is 11.2. The van der Waals surface area contributed by atoms with Gasteiger partial charge in [0.2, 0.25) is 5.91 Å². The minimum Gasteiger partial charge on any atom is -0.493 e. The van der Waals surface area contributed by atoms with Gasteiger partial charge in [-0.3, -0.25) is 14.5 Å². The maximum Gasteiger partial charge on any atom is 0.231 e. The van der Waals surface area contributed by atoms with Crippen LogP contribution in [0.1, 0.15) is 75.1 Å². The Morgan fingerprint density at radius 3 is 2.22 bits per heavy atom. The molecule has 0 aromatic heterocycles. The summed E-state index contributed by atoms with van der Waals surface area (Å²) in [5, 5.41) is 3.63. The molecule has 0 bridgehead atoms. The smallest absolute Gasteiger partial charge is 0.231 e. The molecule has 2 aliphatic carbocycles. The molecule has 3 aromatic rings. The van der Waals surface area contributed by atoms with Crippen molar-refractivity contribution in [3.8, 4) is 11.5 Å². The number of para-hydroxylation sites is 2. The summed E-state index contributed by atoms with van der Waals surface area (Å²) in [5.74, 6) is 1.31. The number of Topliss-reactive ketones (excluding diaryl/α,β-unsaturated/α-hetero) is 1. The summed E-state index contributed by atoms with van der Waals surface area (Å²) in [7, 11) is 3.20. The highest BCUT2D eigenvalue weighted by molar-refractivity contribution is 6.07. The van der Waals surface area contributed by atoms with Gasteiger partial charge in [0.05, 0.1) is 31.6 Å². The van der Waals surface area contributed by atoms with Crippen LogP contribution in [0, 0.1) is 5.92 Å². The zero-order valence-corrected chi connectivity index (χ0v) is 24.5. The number of allylic oxidation sites excluding steroid dienone is 1. The summed E-state index contributed by atoms with van der Waals surface area (Å²) in [5.41, 5.74) is 6.48. The molecule has 0 spiro atoms. The van der Waals surface area contributed by atoms with E-state index >= 15 is 0 Å². The lowest BCUT2D eigenvalue weighted by atomic mass is 9.77. The minimum absolute atomic E-state index is 0.0272. The van der Waals surface area contributed by atoms with E-state index in [2.05, 4.69) is 50.4 Å². The predicted octanol–water partition coefficient (Wildman–Crippen LogP) is 7.31. The van der Waals surface area contributed by atoms with E-state index in [1.165, 1.54) is 5.56 Å². The number of hydrogen-bond acceptors (Lipinski definition) is 5. The highest BCUT2D eigenvalue weighted by Crippen LogP contribution is 2.50. The zero-order chi connectivity index (χ0) is 28.9. The number of benzene rings is 3. The Morgan fingerprint density at radius 2 is 1.56 bits per heavy atom. The summed E-state index contributed by atoms with van der Waals surface area (Å²) >= 11 is 0. The van der Waals surface area contributed by atoms with Crippen molar-refractivity contribution in [1.82, 2.24) is 0 Å². The Labute approximate surface area is 242 Å². The fourth-order valence-electron chi connectivity index (χ4n) is 6.19. The van der Waals surface area contributed by atoms with E-state index < -0.39 is 6.04 Å². The fraction of sp³-hybridized carbons (Fsp3) is 0.371. The van der Waals surface area contributed by atoms with Crippen molar-refractivity contribution in [1.29, 1.82) is 0 Å². The molecule has 41 heavy (non-hydrogen) atoms. The Balaban J connectivity index is 1.50. The number of carbonyl (C=O) groups excluding carboxylic acids is 2. The van der Waals surface area contributed by atoms with Crippen LogP contribution in [0.15, 0.2) is 78.0 Å². The molecule has 6 rings (SSSR count). The summed E-state index contributed by atoms with van der Waals surface area (Å²) in [6, 6.07) is 21.7. The second-order valence-electron chi connectivity index (χ2n) is 12.4. The van der Waals surface area contributed by atoms with Gasteiger partial charge in [0.25, 0.3) is 0 Å². The third-order valence-electron chi connectivity index (χ3n) is 8.62. The van der Waals surface area contributed by atoms with Gasteiger partial charge in [-0.05, 0) is 71.6 Å². The first-order valence-electron chi connectivity index (χ1n) is 14.5. The average molecular weight is 551 g/mol. The highest BCUT2D eigenvalue weighted by atomic mass is 16.5. The van der Waals surface area contributed by atoms with Crippen molar-refractivity contribution in [2.45, 2.75) is 63.8 Å². The number of nitrogens with one attached hydrogen (secondary N) is 1. The number of ether oxygens (including phenoxy) is 2. The van der Waals surface area contributed by atoms with E-state index in [9.17, 15) is 9.59 Å². The second kappa shape index (κ2) is 10.4. The maximum atomic E-state index is 14.3. The van der Waals surface area contributed by atoms with Crippen molar-refractivity contribution < 1.29 is 19.1 Å². The maximum absolute atomic E-state index is 14.3. The molecule has 0 saturated heterocycles. The van der Waals surface area contributed by atoms with Crippen LogP contribution in [0.25, 0.3) is 0 Å². The molecule has 0 unspecified atom stereocenters. The lowest BCUT2D eigenvalue weighted by molar-refractivity contribution is -0.120. The molecule has 1 heterocycles. The molecule has 1 saturated carbocycles. The van der Waals surface area contributed by atoms with Gasteiger partial charge in [0.15, 0.2) is 17.3 Å². The van der Waals surface area contributed by atoms with Gasteiger partial charge < -0.3 is 14.8 Å². The van der Waals surface area contributed by atoms with Crippen LogP contribution in [0.2, 0.25) is 0 Å². The molecule has 6 nitrogen and oxygen atoms in total. The van der Waals surface area contributed by atoms with Crippen LogP contribution in [-0.4, -0.2) is 25.9 Å². The molecular formula is C35H38N2O4. The highest BCUT2D eigenvalue weighted by Gasteiger charge is 2.45. The molecule has 3 aromatic carbocycles. The van der Waals surface area contributed by atoms with Gasteiger partial charge in [0.1, 0.15) is 0 Å². The van der Waals surface area contributed by atoms with Crippen molar-refractivity contribution in [2.24, 2.45) is 5.92 Å². The third-order valence-corrected chi connectivity index (χ3v) is 8.62. The summed E-state index contributed by atoms with van der Waals surface area (Å²) in [6.07, 6.45) is 2.81. The van der Waals surface area contributed by atoms with E-state index in [0.29, 0.717) is 29.9 Å². The summed E-state index contributed by atoms with van der Waals surface area (Å²) in [6.45, 7) is 6.62. The van der Waals surface area contributed by atoms with Crippen molar-refractivity contribution >= 4 is 23.1 Å². The van der Waals surface area contributed by atoms with Gasteiger partial charge >= 0.3 is 0 Å². The number of ketones is 1. The molecule has 2 atom stereocenters. The van der Waals surface area contributed by atoms with Crippen LogP contribution < -0.4 is 19.7 Å². The van der Waals surface area contributed by atoms with E-state index in [-0.39, 0.29) is 28.9 Å². The van der Waals surface area contributed by atoms with Crippen LogP contribution in [0.4, 0.5) is 11.4 Å². The van der Waals surface area contributed by atoms with E-state index in [4.69, 9.17) is 9.47 Å². The van der Waals surface area contributed by atoms with Gasteiger partial charge in [-0.15, -0.1) is 0 Å². The van der Waals surface area contributed by atoms with Crippen LogP contribution >= 0.6 is 0 Å². The first-order valence-corrected chi connectivity index (χ1v) is 14.5. The van der Waals surface area contributed by atoms with Crippen molar-refractivity contribution in [3.05, 3.63) is 94.7 Å². The van der Waals surface area contributed by atoms with Gasteiger partial charge in [-0.1, -0.05) is 63.2 Å². The van der Waals surface area contributed by atoms with E-state index in [1.54, 1.807) is 14.2 Å². The number of anilines is 2. The van der Waals surface area contributed by atoms with Crippen LogP contribution in [-0.2, 0) is 15.0 Å². The largest absolute Gasteiger partial charge is 0.493 e. The first kappa shape index (κ1) is 27.1. The number of hydrogen-bond donors (Lipinski definition) is 1. The fourth-order valence-corrected chi connectivity index (χ4v) is 6.19. The van der Waals surface area contributed by atoms with Gasteiger partial charge in [-0.25, -0.2) is 0 Å². The number of carbonyl (C=O) groups is 2. The first-order chi connectivity index (χ1) is 19.7. The molecule has 1 amide bonds. The number of methoxy groups -OCH3 is 2.